The van der Waals surface area contributed by atoms with Gasteiger partial charge in [-0.05, 0) is 37.8 Å². The van der Waals surface area contributed by atoms with Crippen molar-refractivity contribution in [2.45, 2.75) is 44.7 Å². The molecule has 0 aromatic heterocycles. The Kier molecular flexibility index (Phi) is 3.40. The Hall–Kier alpha value is -0.860. The minimum atomic E-state index is 0.227. The predicted octanol–water partition coefficient (Wildman–Crippen LogP) is 2.81. The minimum Gasteiger partial charge on any atom is -0.396 e. The van der Waals surface area contributed by atoms with Gasteiger partial charge < -0.3 is 5.11 Å². The van der Waals surface area contributed by atoms with Crippen LogP contribution in [0.15, 0.2) is 30.3 Å². The van der Waals surface area contributed by atoms with Gasteiger partial charge >= 0.3 is 0 Å². The second-order valence-corrected chi connectivity index (χ2v) is 5.99. The van der Waals surface area contributed by atoms with E-state index in [1.807, 2.05) is 0 Å². The first-order valence-corrected chi connectivity index (χ1v) is 7.23. The fraction of sp³-hybridized carbons (Fsp3) is 0.625. The summed E-state index contributed by atoms with van der Waals surface area (Å²) < 4.78 is 0. The molecule has 18 heavy (non-hydrogen) atoms. The summed E-state index contributed by atoms with van der Waals surface area (Å²) in [5, 5.41) is 9.75. The van der Waals surface area contributed by atoms with Gasteiger partial charge in [0.25, 0.3) is 0 Å². The molecule has 1 heterocycles. The summed E-state index contributed by atoms with van der Waals surface area (Å²) in [6.45, 7) is 2.62. The summed E-state index contributed by atoms with van der Waals surface area (Å²) in [6.07, 6.45) is 6.31. The molecule has 1 saturated heterocycles. The summed E-state index contributed by atoms with van der Waals surface area (Å²) in [5.74, 6) is 0. The van der Waals surface area contributed by atoms with Crippen LogP contribution >= 0.6 is 0 Å². The predicted molar refractivity (Wildman–Crippen MR) is 73.2 cm³/mol. The minimum absolute atomic E-state index is 0.227. The van der Waals surface area contributed by atoms with E-state index in [4.69, 9.17) is 0 Å². The van der Waals surface area contributed by atoms with Crippen molar-refractivity contribution in [3.8, 4) is 0 Å². The Morgan fingerprint density at radius 3 is 2.56 bits per heavy atom. The zero-order chi connectivity index (χ0) is 12.4. The molecular weight excluding hydrogens is 222 g/mol. The molecule has 1 N–H and O–H groups in total. The van der Waals surface area contributed by atoms with E-state index >= 15 is 0 Å². The van der Waals surface area contributed by atoms with E-state index in [0.717, 1.165) is 6.54 Å². The van der Waals surface area contributed by atoms with Gasteiger partial charge in [-0.1, -0.05) is 36.8 Å². The Bertz CT molecular complexity index is 380. The van der Waals surface area contributed by atoms with E-state index in [1.165, 1.54) is 44.2 Å². The topological polar surface area (TPSA) is 23.5 Å². The number of aliphatic hydroxyl groups is 1. The van der Waals surface area contributed by atoms with E-state index in [9.17, 15) is 5.11 Å². The van der Waals surface area contributed by atoms with Gasteiger partial charge in [-0.3, -0.25) is 4.90 Å². The largest absolute Gasteiger partial charge is 0.396 e. The lowest BCUT2D eigenvalue weighted by molar-refractivity contribution is -0.0314. The van der Waals surface area contributed by atoms with Gasteiger partial charge in [-0.2, -0.15) is 0 Å². The smallest absolute Gasteiger partial charge is 0.0502 e. The van der Waals surface area contributed by atoms with E-state index in [2.05, 4.69) is 35.2 Å². The molecule has 1 saturated carbocycles. The SMILES string of the molecule is OCC1(C2CCCN2Cc2ccccc2)CCC1. The van der Waals surface area contributed by atoms with E-state index < -0.39 is 0 Å². The normalized spacial score (nSPS) is 27.1. The molecule has 1 aromatic rings. The van der Waals surface area contributed by atoms with Crippen LogP contribution in [0.2, 0.25) is 0 Å². The highest BCUT2D eigenvalue weighted by molar-refractivity contribution is 5.15. The van der Waals surface area contributed by atoms with Gasteiger partial charge in [-0.25, -0.2) is 0 Å². The molecule has 1 aliphatic carbocycles. The van der Waals surface area contributed by atoms with Crippen molar-refractivity contribution in [2.75, 3.05) is 13.2 Å². The van der Waals surface area contributed by atoms with Crippen molar-refractivity contribution in [3.05, 3.63) is 35.9 Å². The van der Waals surface area contributed by atoms with E-state index in [-0.39, 0.29) is 5.41 Å². The highest BCUT2D eigenvalue weighted by Crippen LogP contribution is 2.48. The second-order valence-electron chi connectivity index (χ2n) is 5.99. The second kappa shape index (κ2) is 5.02. The lowest BCUT2D eigenvalue weighted by Crippen LogP contribution is -2.50. The zero-order valence-corrected chi connectivity index (χ0v) is 11.0. The lowest BCUT2D eigenvalue weighted by Gasteiger charge is -2.48. The van der Waals surface area contributed by atoms with Gasteiger partial charge in [0.05, 0.1) is 6.61 Å². The summed E-state index contributed by atoms with van der Waals surface area (Å²) in [5.41, 5.74) is 1.63. The van der Waals surface area contributed by atoms with Crippen molar-refractivity contribution in [3.63, 3.8) is 0 Å². The first-order chi connectivity index (χ1) is 8.84. The molecule has 1 aliphatic heterocycles. The molecule has 0 amide bonds. The molecule has 2 heteroatoms. The Balaban J connectivity index is 1.72. The summed E-state index contributed by atoms with van der Waals surface area (Å²) >= 11 is 0. The van der Waals surface area contributed by atoms with Crippen LogP contribution in [-0.4, -0.2) is 29.2 Å². The maximum Gasteiger partial charge on any atom is 0.0502 e. The number of aliphatic hydroxyl groups excluding tert-OH is 1. The molecule has 1 atom stereocenters. The third kappa shape index (κ3) is 2.08. The van der Waals surface area contributed by atoms with Gasteiger partial charge in [-0.15, -0.1) is 0 Å². The van der Waals surface area contributed by atoms with E-state index in [1.54, 1.807) is 0 Å². The Labute approximate surface area is 110 Å². The number of likely N-dealkylation sites (tertiary alicyclic amines) is 1. The van der Waals surface area contributed by atoms with Gasteiger partial charge in [0.15, 0.2) is 0 Å². The molecule has 1 unspecified atom stereocenters. The number of hydrogen-bond donors (Lipinski definition) is 1. The van der Waals surface area contributed by atoms with Crippen LogP contribution in [0.3, 0.4) is 0 Å². The molecule has 1 aromatic carbocycles. The molecule has 2 nitrogen and oxygen atoms in total. The van der Waals surface area contributed by atoms with Crippen LogP contribution in [0, 0.1) is 5.41 Å². The number of hydrogen-bond acceptors (Lipinski definition) is 2. The number of benzene rings is 1. The fourth-order valence-corrected chi connectivity index (χ4v) is 3.75. The molecule has 98 valence electrons. The summed E-state index contributed by atoms with van der Waals surface area (Å²) in [7, 11) is 0. The molecular formula is C16H23NO. The van der Waals surface area contributed by atoms with Crippen molar-refractivity contribution < 1.29 is 5.11 Å². The Morgan fingerprint density at radius 2 is 1.94 bits per heavy atom. The summed E-state index contributed by atoms with van der Waals surface area (Å²) in [6, 6.07) is 11.3. The first kappa shape index (κ1) is 12.2. The average molecular weight is 245 g/mol. The molecule has 2 fully saturated rings. The van der Waals surface area contributed by atoms with Gasteiger partial charge in [0.2, 0.25) is 0 Å². The maximum atomic E-state index is 9.75. The Morgan fingerprint density at radius 1 is 1.17 bits per heavy atom. The quantitative estimate of drug-likeness (QED) is 0.881. The van der Waals surface area contributed by atoms with Crippen molar-refractivity contribution >= 4 is 0 Å². The van der Waals surface area contributed by atoms with Crippen LogP contribution in [0.5, 0.6) is 0 Å². The maximum absolute atomic E-state index is 9.75. The average Bonchev–Trinajstić information content (AvgIpc) is 2.79. The van der Waals surface area contributed by atoms with Crippen molar-refractivity contribution in [1.29, 1.82) is 0 Å². The standard InChI is InChI=1S/C16H23NO/c18-13-16(9-5-10-16)15-8-4-11-17(15)12-14-6-2-1-3-7-14/h1-3,6-7,15,18H,4-5,8-13H2. The van der Waals surface area contributed by atoms with E-state index in [0.29, 0.717) is 12.6 Å². The van der Waals surface area contributed by atoms with Gasteiger partial charge in [0, 0.05) is 18.0 Å². The number of rotatable bonds is 4. The number of nitrogens with zero attached hydrogens (tertiary/aromatic N) is 1. The van der Waals surface area contributed by atoms with Crippen LogP contribution < -0.4 is 0 Å². The van der Waals surface area contributed by atoms with Crippen LogP contribution in [-0.2, 0) is 6.54 Å². The highest BCUT2D eigenvalue weighted by Gasteiger charge is 2.47. The van der Waals surface area contributed by atoms with Crippen LogP contribution in [0.25, 0.3) is 0 Å². The molecule has 2 aliphatic rings. The van der Waals surface area contributed by atoms with Crippen LogP contribution in [0.1, 0.15) is 37.7 Å². The molecule has 0 bridgehead atoms. The third-order valence-corrected chi connectivity index (χ3v) is 4.96. The molecule has 3 rings (SSSR count). The summed E-state index contributed by atoms with van der Waals surface area (Å²) in [4.78, 5) is 2.60. The molecule has 0 spiro atoms. The first-order valence-electron chi connectivity index (χ1n) is 7.23. The lowest BCUT2D eigenvalue weighted by atomic mass is 9.64. The van der Waals surface area contributed by atoms with Crippen molar-refractivity contribution in [2.24, 2.45) is 5.41 Å². The monoisotopic (exact) mass is 245 g/mol. The van der Waals surface area contributed by atoms with Crippen LogP contribution in [0.4, 0.5) is 0 Å². The molecule has 0 radical (unpaired) electrons. The van der Waals surface area contributed by atoms with Crippen molar-refractivity contribution in [1.82, 2.24) is 4.90 Å². The zero-order valence-electron chi connectivity index (χ0n) is 11.0. The third-order valence-electron chi connectivity index (χ3n) is 4.96. The van der Waals surface area contributed by atoms with Gasteiger partial charge in [0.1, 0.15) is 0 Å². The fourth-order valence-electron chi connectivity index (χ4n) is 3.75. The highest BCUT2D eigenvalue weighted by atomic mass is 16.3.